The van der Waals surface area contributed by atoms with E-state index in [2.05, 4.69) is 43.6 Å². The Labute approximate surface area is 134 Å². The number of pyridine rings is 1. The molecular formula is C16H19N7. The molecule has 5 N–H and O–H groups in total. The van der Waals surface area contributed by atoms with E-state index in [9.17, 15) is 0 Å². The lowest BCUT2D eigenvalue weighted by Gasteiger charge is -2.26. The first kappa shape index (κ1) is 14.0. The fourth-order valence-electron chi connectivity index (χ4n) is 3.11. The minimum absolute atomic E-state index is 0.364. The summed E-state index contributed by atoms with van der Waals surface area (Å²) in [4.78, 5) is 4.20. The number of hydrogen-bond acceptors (Lipinski definition) is 7. The fraction of sp³-hybridized carbons (Fsp3) is 0.250. The average Bonchev–Trinajstić information content (AvgIpc) is 3.26. The molecule has 0 bridgehead atoms. The fourth-order valence-corrected chi connectivity index (χ4v) is 3.11. The van der Waals surface area contributed by atoms with Crippen LogP contribution in [0.25, 0.3) is 11.1 Å². The highest BCUT2D eigenvalue weighted by molar-refractivity contribution is 6.05. The Morgan fingerprint density at radius 3 is 2.70 bits per heavy atom. The van der Waals surface area contributed by atoms with Crippen LogP contribution >= 0.6 is 0 Å². The van der Waals surface area contributed by atoms with Crippen molar-refractivity contribution in [3.8, 4) is 11.1 Å². The smallest absolute Gasteiger partial charge is 0.173 e. The Balaban J connectivity index is 1.76. The number of benzene rings is 1. The number of hydrogen-bond donors (Lipinski definition) is 4. The Morgan fingerprint density at radius 2 is 1.91 bits per heavy atom. The van der Waals surface area contributed by atoms with Crippen molar-refractivity contribution in [3.05, 3.63) is 48.2 Å². The van der Waals surface area contributed by atoms with Gasteiger partial charge in [-0.05, 0) is 30.7 Å². The van der Waals surface area contributed by atoms with Gasteiger partial charge in [-0.3, -0.25) is 5.01 Å². The monoisotopic (exact) mass is 309 g/mol. The standard InChI is InChI=1S/C16H19N7/c17-15-13(6-3-8-19-15)12-4-1-2-5-14(12)16-20-21-22-23(16)11-7-9-18-10-11/h1-6,8,11,18,21-22H,7,9-10H2,(H2,17,19)/t11-/m1/s1. The third-order valence-electron chi connectivity index (χ3n) is 4.26. The van der Waals surface area contributed by atoms with Crippen molar-refractivity contribution in [3.63, 3.8) is 0 Å². The van der Waals surface area contributed by atoms with E-state index in [0.29, 0.717) is 11.9 Å². The van der Waals surface area contributed by atoms with E-state index < -0.39 is 0 Å². The summed E-state index contributed by atoms with van der Waals surface area (Å²) in [6.45, 7) is 1.96. The number of nitrogens with two attached hydrogens (primary N) is 1. The Morgan fingerprint density at radius 1 is 1.09 bits per heavy atom. The first-order chi connectivity index (χ1) is 11.3. The number of hydrazine groups is 2. The summed E-state index contributed by atoms with van der Waals surface area (Å²) in [6.07, 6.45) is 2.78. The minimum Gasteiger partial charge on any atom is -0.383 e. The number of amidine groups is 1. The molecule has 23 heavy (non-hydrogen) atoms. The average molecular weight is 309 g/mol. The Hall–Kier alpha value is -2.64. The van der Waals surface area contributed by atoms with Crippen LogP contribution in [0.4, 0.5) is 5.82 Å². The highest BCUT2D eigenvalue weighted by Gasteiger charge is 2.30. The summed E-state index contributed by atoms with van der Waals surface area (Å²) in [5.74, 6) is 1.39. The summed E-state index contributed by atoms with van der Waals surface area (Å²) < 4.78 is 0. The molecule has 1 fully saturated rings. The molecule has 2 aromatic rings. The molecule has 3 heterocycles. The lowest BCUT2D eigenvalue weighted by molar-refractivity contribution is 0.233. The molecule has 7 heteroatoms. The van der Waals surface area contributed by atoms with Gasteiger partial charge in [-0.25, -0.2) is 10.5 Å². The molecule has 118 valence electrons. The van der Waals surface area contributed by atoms with Gasteiger partial charge in [0.1, 0.15) is 5.82 Å². The highest BCUT2D eigenvalue weighted by atomic mass is 15.8. The van der Waals surface area contributed by atoms with Gasteiger partial charge in [0.25, 0.3) is 0 Å². The molecule has 0 aliphatic carbocycles. The number of hydrazone groups is 1. The van der Waals surface area contributed by atoms with Crippen LogP contribution in [0.2, 0.25) is 0 Å². The predicted molar refractivity (Wildman–Crippen MR) is 90.0 cm³/mol. The number of aromatic nitrogens is 1. The number of rotatable bonds is 3. The van der Waals surface area contributed by atoms with Gasteiger partial charge >= 0.3 is 0 Å². The predicted octanol–water partition coefficient (Wildman–Crippen LogP) is 0.679. The molecule has 0 amide bonds. The summed E-state index contributed by atoms with van der Waals surface area (Å²) in [6, 6.07) is 12.4. The van der Waals surface area contributed by atoms with Gasteiger partial charge in [0.05, 0.1) is 6.04 Å². The highest BCUT2D eigenvalue weighted by Crippen LogP contribution is 2.29. The molecule has 2 aliphatic rings. The van der Waals surface area contributed by atoms with E-state index in [1.54, 1.807) is 6.20 Å². The van der Waals surface area contributed by atoms with Crippen LogP contribution < -0.4 is 22.1 Å². The molecule has 0 spiro atoms. The first-order valence-corrected chi connectivity index (χ1v) is 7.73. The van der Waals surface area contributed by atoms with E-state index in [0.717, 1.165) is 42.0 Å². The van der Waals surface area contributed by atoms with Crippen molar-refractivity contribution in [2.45, 2.75) is 12.5 Å². The first-order valence-electron chi connectivity index (χ1n) is 7.73. The number of anilines is 1. The second kappa shape index (κ2) is 5.86. The van der Waals surface area contributed by atoms with E-state index in [-0.39, 0.29) is 0 Å². The van der Waals surface area contributed by atoms with Gasteiger partial charge in [-0.2, -0.15) is 0 Å². The van der Waals surface area contributed by atoms with Crippen molar-refractivity contribution < 1.29 is 0 Å². The molecule has 7 nitrogen and oxygen atoms in total. The molecule has 0 unspecified atom stereocenters. The van der Waals surface area contributed by atoms with Gasteiger partial charge in [-0.1, -0.05) is 24.3 Å². The van der Waals surface area contributed by atoms with Crippen LogP contribution in [0.3, 0.4) is 0 Å². The van der Waals surface area contributed by atoms with Crippen LogP contribution in [0.1, 0.15) is 12.0 Å². The van der Waals surface area contributed by atoms with E-state index >= 15 is 0 Å². The third-order valence-corrected chi connectivity index (χ3v) is 4.26. The topological polar surface area (TPSA) is 90.6 Å². The molecule has 4 rings (SSSR count). The number of nitrogens with one attached hydrogen (secondary N) is 3. The summed E-state index contributed by atoms with van der Waals surface area (Å²) in [5, 5.41) is 9.91. The van der Waals surface area contributed by atoms with E-state index in [1.165, 1.54) is 0 Å². The molecule has 1 atom stereocenters. The molecule has 1 aromatic carbocycles. The molecule has 0 radical (unpaired) electrons. The minimum atomic E-state index is 0.364. The maximum absolute atomic E-state index is 6.07. The van der Waals surface area contributed by atoms with Crippen molar-refractivity contribution in [2.24, 2.45) is 5.10 Å². The van der Waals surface area contributed by atoms with Crippen LogP contribution in [0, 0.1) is 0 Å². The van der Waals surface area contributed by atoms with E-state index in [1.807, 2.05) is 24.3 Å². The molecule has 0 saturated carbocycles. The van der Waals surface area contributed by atoms with Gasteiger partial charge in [0.15, 0.2) is 5.84 Å². The third kappa shape index (κ3) is 2.49. The normalized spacial score (nSPS) is 20.4. The maximum Gasteiger partial charge on any atom is 0.173 e. The largest absolute Gasteiger partial charge is 0.383 e. The molecule has 1 saturated heterocycles. The summed E-state index contributed by atoms with van der Waals surface area (Å²) in [7, 11) is 0. The quantitative estimate of drug-likeness (QED) is 0.666. The summed E-state index contributed by atoms with van der Waals surface area (Å²) >= 11 is 0. The molecule has 1 aromatic heterocycles. The van der Waals surface area contributed by atoms with Crippen LogP contribution in [-0.4, -0.2) is 35.0 Å². The van der Waals surface area contributed by atoms with Crippen LogP contribution in [0.5, 0.6) is 0 Å². The van der Waals surface area contributed by atoms with Gasteiger partial charge in [-0.15, -0.1) is 10.6 Å². The van der Waals surface area contributed by atoms with Crippen LogP contribution in [0.15, 0.2) is 47.7 Å². The van der Waals surface area contributed by atoms with Crippen molar-refractivity contribution >= 4 is 11.7 Å². The number of nitrogen functional groups attached to an aromatic ring is 1. The lowest BCUT2D eigenvalue weighted by atomic mass is 9.99. The Kier molecular flexibility index (Phi) is 3.57. The second-order valence-electron chi connectivity index (χ2n) is 5.66. The zero-order valence-corrected chi connectivity index (χ0v) is 12.7. The van der Waals surface area contributed by atoms with Crippen molar-refractivity contribution in [1.29, 1.82) is 0 Å². The maximum atomic E-state index is 6.07. The van der Waals surface area contributed by atoms with Gasteiger partial charge < -0.3 is 11.1 Å². The zero-order valence-electron chi connectivity index (χ0n) is 12.7. The van der Waals surface area contributed by atoms with Gasteiger partial charge in [0.2, 0.25) is 0 Å². The zero-order chi connectivity index (χ0) is 15.6. The van der Waals surface area contributed by atoms with Crippen molar-refractivity contribution in [1.82, 2.24) is 26.4 Å². The van der Waals surface area contributed by atoms with Gasteiger partial charge in [0, 0.05) is 23.9 Å². The van der Waals surface area contributed by atoms with Crippen LogP contribution in [-0.2, 0) is 0 Å². The second-order valence-corrected chi connectivity index (χ2v) is 5.66. The SMILES string of the molecule is Nc1ncccc1-c1ccccc1C1=NNNN1[C@@H]1CCNC1. The van der Waals surface area contributed by atoms with E-state index in [4.69, 9.17) is 5.73 Å². The summed E-state index contributed by atoms with van der Waals surface area (Å²) in [5.41, 5.74) is 15.1. The Bertz CT molecular complexity index is 737. The molecule has 2 aliphatic heterocycles. The number of nitrogens with zero attached hydrogens (tertiary/aromatic N) is 3. The lowest BCUT2D eigenvalue weighted by Crippen LogP contribution is -2.49. The van der Waals surface area contributed by atoms with Crippen molar-refractivity contribution in [2.75, 3.05) is 18.8 Å². The molecular weight excluding hydrogens is 290 g/mol.